The minimum atomic E-state index is -0.845. The molecule has 1 N–H and O–H groups in total. The second kappa shape index (κ2) is 6.30. The van der Waals surface area contributed by atoms with E-state index in [0.29, 0.717) is 6.42 Å². The summed E-state index contributed by atoms with van der Waals surface area (Å²) in [5, 5.41) is 9.45. The quantitative estimate of drug-likeness (QED) is 0.866. The standard InChI is InChI=1S/C14H11Br2NO2/c15-12-4-2-1-3-9(12)7-11(14(18)19)10-5-6-17-8-13(10)16/h1-6,8,11H,7H2,(H,18,19). The van der Waals surface area contributed by atoms with E-state index in [4.69, 9.17) is 0 Å². The van der Waals surface area contributed by atoms with Gasteiger partial charge in [0, 0.05) is 21.3 Å². The SMILES string of the molecule is O=C(O)C(Cc1ccccc1Br)c1ccncc1Br. The maximum absolute atomic E-state index is 11.5. The van der Waals surface area contributed by atoms with Crippen LogP contribution in [0.15, 0.2) is 51.7 Å². The predicted octanol–water partition coefficient (Wildman–Crippen LogP) is 4.02. The van der Waals surface area contributed by atoms with Crippen LogP contribution in [0.2, 0.25) is 0 Å². The van der Waals surface area contributed by atoms with Gasteiger partial charge in [-0.05, 0) is 45.6 Å². The molecule has 0 saturated heterocycles. The molecule has 0 aliphatic heterocycles. The van der Waals surface area contributed by atoms with E-state index in [1.54, 1.807) is 18.5 Å². The summed E-state index contributed by atoms with van der Waals surface area (Å²) in [6, 6.07) is 9.39. The fraction of sp³-hybridized carbons (Fsp3) is 0.143. The van der Waals surface area contributed by atoms with Gasteiger partial charge in [0.15, 0.2) is 0 Å². The Morgan fingerprint density at radius 1 is 1.21 bits per heavy atom. The molecule has 0 saturated carbocycles. The summed E-state index contributed by atoms with van der Waals surface area (Å²) >= 11 is 6.81. The van der Waals surface area contributed by atoms with Crippen LogP contribution in [0.25, 0.3) is 0 Å². The Balaban J connectivity index is 2.35. The van der Waals surface area contributed by atoms with Crippen molar-refractivity contribution in [3.63, 3.8) is 0 Å². The van der Waals surface area contributed by atoms with Crippen molar-refractivity contribution in [2.24, 2.45) is 0 Å². The van der Waals surface area contributed by atoms with Crippen molar-refractivity contribution >= 4 is 37.8 Å². The highest BCUT2D eigenvalue weighted by Gasteiger charge is 2.23. The van der Waals surface area contributed by atoms with Crippen LogP contribution in [0, 0.1) is 0 Å². The van der Waals surface area contributed by atoms with Crippen LogP contribution in [0.1, 0.15) is 17.0 Å². The van der Waals surface area contributed by atoms with Crippen LogP contribution in [-0.2, 0) is 11.2 Å². The lowest BCUT2D eigenvalue weighted by Gasteiger charge is -2.15. The summed E-state index contributed by atoms with van der Waals surface area (Å²) in [6.45, 7) is 0. The zero-order chi connectivity index (χ0) is 13.8. The van der Waals surface area contributed by atoms with Gasteiger partial charge < -0.3 is 5.11 Å². The summed E-state index contributed by atoms with van der Waals surface area (Å²) in [5.41, 5.74) is 1.71. The van der Waals surface area contributed by atoms with Crippen molar-refractivity contribution in [3.8, 4) is 0 Å². The Bertz CT molecular complexity index is 602. The first-order valence-corrected chi connectivity index (χ1v) is 7.24. The molecule has 1 atom stereocenters. The average Bonchev–Trinajstić information content (AvgIpc) is 2.38. The van der Waals surface area contributed by atoms with Crippen molar-refractivity contribution in [2.75, 3.05) is 0 Å². The summed E-state index contributed by atoms with van der Waals surface area (Å²) in [5.74, 6) is -1.45. The molecule has 0 fully saturated rings. The molecule has 0 spiro atoms. The summed E-state index contributed by atoms with van der Waals surface area (Å²) in [6.07, 6.45) is 3.65. The van der Waals surface area contributed by atoms with Crippen molar-refractivity contribution in [1.29, 1.82) is 0 Å². The number of hydrogen-bond donors (Lipinski definition) is 1. The van der Waals surface area contributed by atoms with Crippen molar-refractivity contribution in [1.82, 2.24) is 4.98 Å². The van der Waals surface area contributed by atoms with E-state index in [1.807, 2.05) is 24.3 Å². The van der Waals surface area contributed by atoms with Gasteiger partial charge in [0.2, 0.25) is 0 Å². The second-order valence-electron chi connectivity index (χ2n) is 4.08. The first kappa shape index (κ1) is 14.2. The largest absolute Gasteiger partial charge is 0.481 e. The van der Waals surface area contributed by atoms with Gasteiger partial charge in [-0.25, -0.2) is 0 Å². The number of halogens is 2. The number of carbonyl (C=O) groups is 1. The van der Waals surface area contributed by atoms with Crippen LogP contribution in [0.5, 0.6) is 0 Å². The minimum Gasteiger partial charge on any atom is -0.481 e. The Hall–Kier alpha value is -1.20. The molecule has 0 aliphatic carbocycles. The average molecular weight is 385 g/mol. The van der Waals surface area contributed by atoms with Crippen LogP contribution in [0.3, 0.4) is 0 Å². The Kier molecular flexibility index (Phi) is 4.71. The molecule has 1 aromatic heterocycles. The molecular formula is C14H11Br2NO2. The zero-order valence-corrected chi connectivity index (χ0v) is 13.1. The summed E-state index contributed by atoms with van der Waals surface area (Å²) in [7, 11) is 0. The van der Waals surface area contributed by atoms with Crippen molar-refractivity contribution in [3.05, 3.63) is 62.8 Å². The number of pyridine rings is 1. The van der Waals surface area contributed by atoms with E-state index in [9.17, 15) is 9.90 Å². The van der Waals surface area contributed by atoms with E-state index >= 15 is 0 Å². The van der Waals surface area contributed by atoms with E-state index in [0.717, 1.165) is 20.1 Å². The number of carboxylic acid groups (broad SMARTS) is 1. The zero-order valence-electron chi connectivity index (χ0n) is 9.88. The molecule has 5 heteroatoms. The molecule has 1 heterocycles. The van der Waals surface area contributed by atoms with Gasteiger partial charge >= 0.3 is 5.97 Å². The number of rotatable bonds is 4. The Morgan fingerprint density at radius 2 is 1.95 bits per heavy atom. The molecule has 2 rings (SSSR count). The van der Waals surface area contributed by atoms with E-state index in [1.165, 1.54) is 0 Å². The van der Waals surface area contributed by atoms with Crippen LogP contribution in [0.4, 0.5) is 0 Å². The lowest BCUT2D eigenvalue weighted by molar-refractivity contribution is -0.138. The van der Waals surface area contributed by atoms with Gasteiger partial charge in [-0.1, -0.05) is 34.1 Å². The van der Waals surface area contributed by atoms with Gasteiger partial charge in [-0.3, -0.25) is 9.78 Å². The van der Waals surface area contributed by atoms with Crippen LogP contribution in [-0.4, -0.2) is 16.1 Å². The normalized spacial score (nSPS) is 12.1. The third kappa shape index (κ3) is 3.42. The molecular weight excluding hydrogens is 374 g/mol. The third-order valence-electron chi connectivity index (χ3n) is 2.86. The molecule has 98 valence electrons. The lowest BCUT2D eigenvalue weighted by atomic mass is 9.93. The molecule has 0 bridgehead atoms. The van der Waals surface area contributed by atoms with Crippen LogP contribution < -0.4 is 0 Å². The molecule has 3 nitrogen and oxygen atoms in total. The number of carboxylic acids is 1. The summed E-state index contributed by atoms with van der Waals surface area (Å²) in [4.78, 5) is 15.5. The Labute approximate surface area is 127 Å². The number of benzene rings is 1. The molecule has 19 heavy (non-hydrogen) atoms. The number of aliphatic carboxylic acids is 1. The fourth-order valence-electron chi connectivity index (χ4n) is 1.88. The number of hydrogen-bond acceptors (Lipinski definition) is 2. The predicted molar refractivity (Wildman–Crippen MR) is 80.2 cm³/mol. The monoisotopic (exact) mass is 383 g/mol. The fourth-order valence-corrected chi connectivity index (χ4v) is 2.86. The molecule has 1 aromatic carbocycles. The van der Waals surface area contributed by atoms with Gasteiger partial charge in [-0.2, -0.15) is 0 Å². The van der Waals surface area contributed by atoms with Crippen molar-refractivity contribution in [2.45, 2.75) is 12.3 Å². The number of aromatic nitrogens is 1. The first-order valence-electron chi connectivity index (χ1n) is 5.65. The smallest absolute Gasteiger partial charge is 0.311 e. The molecule has 0 radical (unpaired) electrons. The molecule has 0 aliphatic rings. The number of nitrogens with zero attached hydrogens (tertiary/aromatic N) is 1. The summed E-state index contributed by atoms with van der Waals surface area (Å²) < 4.78 is 1.64. The lowest BCUT2D eigenvalue weighted by Crippen LogP contribution is -2.15. The van der Waals surface area contributed by atoms with Gasteiger partial charge in [0.05, 0.1) is 5.92 Å². The molecule has 2 aromatic rings. The van der Waals surface area contributed by atoms with E-state index in [2.05, 4.69) is 36.8 Å². The topological polar surface area (TPSA) is 50.2 Å². The second-order valence-corrected chi connectivity index (χ2v) is 5.79. The maximum atomic E-state index is 11.5. The Morgan fingerprint density at radius 3 is 2.58 bits per heavy atom. The highest BCUT2D eigenvalue weighted by molar-refractivity contribution is 9.10. The molecule has 0 amide bonds. The first-order chi connectivity index (χ1) is 9.09. The van der Waals surface area contributed by atoms with Gasteiger partial charge in [0.1, 0.15) is 0 Å². The van der Waals surface area contributed by atoms with E-state index < -0.39 is 11.9 Å². The highest BCUT2D eigenvalue weighted by atomic mass is 79.9. The third-order valence-corrected chi connectivity index (χ3v) is 4.30. The minimum absolute atomic E-state index is 0.430. The van der Waals surface area contributed by atoms with Crippen LogP contribution >= 0.6 is 31.9 Å². The highest BCUT2D eigenvalue weighted by Crippen LogP contribution is 2.29. The van der Waals surface area contributed by atoms with Gasteiger partial charge in [0.25, 0.3) is 0 Å². The molecule has 1 unspecified atom stereocenters. The van der Waals surface area contributed by atoms with E-state index in [-0.39, 0.29) is 0 Å². The van der Waals surface area contributed by atoms with Gasteiger partial charge in [-0.15, -0.1) is 0 Å². The van der Waals surface area contributed by atoms with Crippen molar-refractivity contribution < 1.29 is 9.90 Å². The maximum Gasteiger partial charge on any atom is 0.311 e.